The van der Waals surface area contributed by atoms with E-state index in [2.05, 4.69) is 0 Å². The summed E-state index contributed by atoms with van der Waals surface area (Å²) in [5.74, 6) is 0.374. The summed E-state index contributed by atoms with van der Waals surface area (Å²) in [6, 6.07) is 4.54. The third-order valence-electron chi connectivity index (χ3n) is 4.76. The van der Waals surface area contributed by atoms with Crippen molar-refractivity contribution in [2.45, 2.75) is 25.2 Å². The Morgan fingerprint density at radius 2 is 1.79 bits per heavy atom. The minimum atomic E-state index is -4.39. The van der Waals surface area contributed by atoms with Crippen LogP contribution in [0.15, 0.2) is 24.3 Å². The van der Waals surface area contributed by atoms with Gasteiger partial charge in [0, 0.05) is 24.9 Å². The molecule has 0 N–H and O–H groups in total. The molecule has 1 aromatic rings. The summed E-state index contributed by atoms with van der Waals surface area (Å²) in [5.41, 5.74) is -0.419. The van der Waals surface area contributed by atoms with Crippen molar-refractivity contribution in [3.8, 4) is 0 Å². The summed E-state index contributed by atoms with van der Waals surface area (Å²) in [6.07, 6.45) is -4.76. The fourth-order valence-electron chi connectivity index (χ4n) is 3.74. The van der Waals surface area contributed by atoms with Crippen molar-refractivity contribution in [2.24, 2.45) is 5.41 Å². The molecule has 0 bridgehead atoms. The van der Waals surface area contributed by atoms with Gasteiger partial charge in [-0.1, -0.05) is 12.1 Å². The van der Waals surface area contributed by atoms with Gasteiger partial charge >= 0.3 is 6.18 Å². The van der Waals surface area contributed by atoms with Gasteiger partial charge in [0.05, 0.1) is 17.1 Å². The van der Waals surface area contributed by atoms with Crippen LogP contribution in [-0.2, 0) is 22.4 Å². The van der Waals surface area contributed by atoms with Crippen molar-refractivity contribution in [3.63, 3.8) is 0 Å². The van der Waals surface area contributed by atoms with Crippen LogP contribution in [-0.4, -0.2) is 50.6 Å². The second-order valence-electron chi connectivity index (χ2n) is 7.01. The third-order valence-corrected chi connectivity index (χ3v) is 6.87. The highest BCUT2D eigenvalue weighted by Gasteiger charge is 2.52. The Balaban J connectivity index is 1.50. The molecule has 0 unspecified atom stereocenters. The van der Waals surface area contributed by atoms with Gasteiger partial charge in [-0.05, 0) is 30.7 Å². The molecule has 0 aliphatic carbocycles. The van der Waals surface area contributed by atoms with Crippen molar-refractivity contribution in [2.75, 3.05) is 31.1 Å². The van der Waals surface area contributed by atoms with Crippen molar-refractivity contribution in [1.29, 1.82) is 0 Å². The predicted molar refractivity (Wildman–Crippen MR) is 82.2 cm³/mol. The number of nitrogens with zero attached hydrogens (tertiary/aromatic N) is 1. The zero-order valence-corrected chi connectivity index (χ0v) is 13.8. The van der Waals surface area contributed by atoms with E-state index in [1.807, 2.05) is 4.90 Å². The van der Waals surface area contributed by atoms with E-state index in [1.165, 1.54) is 12.1 Å². The van der Waals surface area contributed by atoms with E-state index in [0.717, 1.165) is 18.6 Å². The molecular weight excluding hydrogens is 346 g/mol. The molecule has 0 amide bonds. The summed E-state index contributed by atoms with van der Waals surface area (Å²) in [4.78, 5) is 1.92. The maximum Gasteiger partial charge on any atom is 0.416 e. The number of sulfone groups is 1. The molecule has 1 spiro atoms. The molecule has 1 aromatic carbocycles. The van der Waals surface area contributed by atoms with Crippen LogP contribution in [0.2, 0.25) is 0 Å². The first-order chi connectivity index (χ1) is 11.1. The van der Waals surface area contributed by atoms with Gasteiger partial charge in [0.25, 0.3) is 0 Å². The molecule has 3 rings (SSSR count). The largest absolute Gasteiger partial charge is 0.416 e. The van der Waals surface area contributed by atoms with Crippen LogP contribution in [0, 0.1) is 5.41 Å². The van der Waals surface area contributed by atoms with E-state index in [4.69, 9.17) is 0 Å². The van der Waals surface area contributed by atoms with Crippen molar-refractivity contribution in [1.82, 2.24) is 4.90 Å². The molecule has 2 heterocycles. The molecular formula is C16H19F4NO2S. The summed E-state index contributed by atoms with van der Waals surface area (Å²) in [5, 5.41) is 0. The Morgan fingerprint density at radius 3 is 2.33 bits per heavy atom. The standard InChI is InChI=1S/C16H19F4NO2S/c17-14(7-12-1-3-13(4-2-12)16(18,19)20)8-21-6-5-15(9-21)10-24(22,23)11-15/h1-4,14H,5-11H2/t14-/m1/s1. The van der Waals surface area contributed by atoms with E-state index >= 15 is 0 Å². The smallest absolute Gasteiger partial charge is 0.300 e. The van der Waals surface area contributed by atoms with Crippen LogP contribution in [0.5, 0.6) is 0 Å². The van der Waals surface area contributed by atoms with Gasteiger partial charge in [0.15, 0.2) is 9.84 Å². The van der Waals surface area contributed by atoms with E-state index in [-0.39, 0.29) is 29.9 Å². The van der Waals surface area contributed by atoms with Crippen molar-refractivity contribution >= 4 is 9.84 Å². The number of alkyl halides is 4. The summed E-state index contributed by atoms with van der Waals surface area (Å²) >= 11 is 0. The van der Waals surface area contributed by atoms with E-state index in [0.29, 0.717) is 18.7 Å². The predicted octanol–water partition coefficient (Wildman–Crippen LogP) is 2.71. The summed E-state index contributed by atoms with van der Waals surface area (Å²) in [7, 11) is -2.90. The van der Waals surface area contributed by atoms with Gasteiger partial charge in [-0.15, -0.1) is 0 Å². The van der Waals surface area contributed by atoms with Gasteiger partial charge in [-0.2, -0.15) is 13.2 Å². The highest BCUT2D eigenvalue weighted by atomic mass is 32.2. The Hall–Kier alpha value is -1.15. The highest BCUT2D eigenvalue weighted by Crippen LogP contribution is 2.41. The summed E-state index contributed by atoms with van der Waals surface area (Å²) < 4.78 is 74.4. The number of likely N-dealkylation sites (tertiary alicyclic amines) is 1. The van der Waals surface area contributed by atoms with E-state index < -0.39 is 27.7 Å². The molecule has 2 aliphatic rings. The molecule has 2 saturated heterocycles. The normalized spacial score (nSPS) is 24.0. The first-order valence-electron chi connectivity index (χ1n) is 7.80. The monoisotopic (exact) mass is 365 g/mol. The molecule has 0 saturated carbocycles. The van der Waals surface area contributed by atoms with Gasteiger partial charge in [-0.3, -0.25) is 4.90 Å². The van der Waals surface area contributed by atoms with E-state index in [9.17, 15) is 26.0 Å². The van der Waals surface area contributed by atoms with E-state index in [1.54, 1.807) is 0 Å². The summed E-state index contributed by atoms with van der Waals surface area (Å²) in [6.45, 7) is 1.44. The van der Waals surface area contributed by atoms with Gasteiger partial charge < -0.3 is 0 Å². The Labute approximate surface area is 138 Å². The van der Waals surface area contributed by atoms with Crippen LogP contribution < -0.4 is 0 Å². The Morgan fingerprint density at radius 1 is 1.17 bits per heavy atom. The maximum absolute atomic E-state index is 14.2. The van der Waals surface area contributed by atoms with Crippen molar-refractivity contribution < 1.29 is 26.0 Å². The quantitative estimate of drug-likeness (QED) is 0.770. The molecule has 24 heavy (non-hydrogen) atoms. The first-order valence-corrected chi connectivity index (χ1v) is 9.62. The fraction of sp³-hybridized carbons (Fsp3) is 0.625. The minimum absolute atomic E-state index is 0.0555. The zero-order valence-electron chi connectivity index (χ0n) is 13.0. The lowest BCUT2D eigenvalue weighted by Gasteiger charge is -2.37. The third kappa shape index (κ3) is 3.91. The lowest BCUT2D eigenvalue weighted by Crippen LogP contribution is -2.50. The maximum atomic E-state index is 14.2. The Bertz CT molecular complexity index is 688. The number of hydrogen-bond acceptors (Lipinski definition) is 3. The Kier molecular flexibility index (Phi) is 4.40. The van der Waals surface area contributed by atoms with Crippen LogP contribution >= 0.6 is 0 Å². The minimum Gasteiger partial charge on any atom is -0.300 e. The molecule has 8 heteroatoms. The van der Waals surface area contributed by atoms with Crippen LogP contribution in [0.25, 0.3) is 0 Å². The zero-order chi connectivity index (χ0) is 17.6. The molecule has 3 nitrogen and oxygen atoms in total. The number of benzene rings is 1. The fourth-order valence-corrected chi connectivity index (χ4v) is 5.99. The lowest BCUT2D eigenvalue weighted by molar-refractivity contribution is -0.137. The highest BCUT2D eigenvalue weighted by molar-refractivity contribution is 7.92. The average Bonchev–Trinajstić information content (AvgIpc) is 2.79. The van der Waals surface area contributed by atoms with Crippen LogP contribution in [0.1, 0.15) is 17.5 Å². The number of rotatable bonds is 4. The molecule has 0 radical (unpaired) electrons. The van der Waals surface area contributed by atoms with Gasteiger partial charge in [-0.25, -0.2) is 12.8 Å². The molecule has 0 aromatic heterocycles. The average molecular weight is 365 g/mol. The SMILES string of the molecule is O=S1(=O)CC2(CCN(C[C@H](F)Cc3ccc(C(F)(F)F)cc3)C2)C1. The van der Waals surface area contributed by atoms with Crippen molar-refractivity contribution in [3.05, 3.63) is 35.4 Å². The molecule has 2 fully saturated rings. The lowest BCUT2D eigenvalue weighted by atomic mass is 9.91. The second-order valence-corrected chi connectivity index (χ2v) is 9.08. The molecule has 2 aliphatic heterocycles. The van der Waals surface area contributed by atoms with Gasteiger partial charge in [0.1, 0.15) is 6.17 Å². The second kappa shape index (κ2) is 5.98. The molecule has 134 valence electrons. The number of halogens is 4. The van der Waals surface area contributed by atoms with Gasteiger partial charge in [0.2, 0.25) is 0 Å². The topological polar surface area (TPSA) is 37.4 Å². The van der Waals surface area contributed by atoms with Crippen LogP contribution in [0.3, 0.4) is 0 Å². The van der Waals surface area contributed by atoms with Crippen LogP contribution in [0.4, 0.5) is 17.6 Å². The first kappa shape index (κ1) is 17.7. The molecule has 1 atom stereocenters. The number of hydrogen-bond donors (Lipinski definition) is 0.